The van der Waals surface area contributed by atoms with Crippen LogP contribution < -0.4 is 4.90 Å². The highest BCUT2D eigenvalue weighted by Crippen LogP contribution is 2.21. The van der Waals surface area contributed by atoms with E-state index in [2.05, 4.69) is 19.1 Å². The van der Waals surface area contributed by atoms with Gasteiger partial charge in [0.2, 0.25) is 5.91 Å². The summed E-state index contributed by atoms with van der Waals surface area (Å²) in [6, 6.07) is 15.1. The van der Waals surface area contributed by atoms with Gasteiger partial charge in [0.15, 0.2) is 0 Å². The van der Waals surface area contributed by atoms with Crippen LogP contribution in [0, 0.1) is 0 Å². The lowest BCUT2D eigenvalue weighted by atomic mass is 10.0. The molecule has 0 heterocycles. The fraction of sp³-hybridized carbons (Fsp3) is 0.333. The van der Waals surface area contributed by atoms with Gasteiger partial charge in [-0.25, -0.2) is 4.79 Å². The van der Waals surface area contributed by atoms with Crippen molar-refractivity contribution < 1.29 is 14.3 Å². The smallest absolute Gasteiger partial charge is 0.339 e. The number of para-hydroxylation sites is 1. The van der Waals surface area contributed by atoms with Crippen molar-refractivity contribution in [1.82, 2.24) is 0 Å². The first kappa shape index (κ1) is 18.7. The van der Waals surface area contributed by atoms with Crippen LogP contribution in [-0.2, 0) is 22.4 Å². The average Bonchev–Trinajstić information content (AvgIpc) is 2.66. The Kier molecular flexibility index (Phi) is 6.75. The van der Waals surface area contributed by atoms with E-state index in [9.17, 15) is 9.59 Å². The van der Waals surface area contributed by atoms with E-state index in [1.165, 1.54) is 30.4 Å². The number of likely N-dealkylation sites (N-methyl/N-ethyl adjacent to an activating group) is 1. The van der Waals surface area contributed by atoms with Gasteiger partial charge in [0, 0.05) is 7.05 Å². The van der Waals surface area contributed by atoms with E-state index in [-0.39, 0.29) is 5.91 Å². The summed E-state index contributed by atoms with van der Waals surface area (Å²) >= 11 is 0. The second-order valence-corrected chi connectivity index (χ2v) is 6.06. The SMILES string of the molecule is CCCCc1ccc(CC(=O)N(C)c2ccccc2C(=O)OC)cc1. The molecule has 4 nitrogen and oxygen atoms in total. The summed E-state index contributed by atoms with van der Waals surface area (Å²) in [5, 5.41) is 0. The first-order valence-electron chi connectivity index (χ1n) is 8.58. The second-order valence-electron chi connectivity index (χ2n) is 6.06. The lowest BCUT2D eigenvalue weighted by Crippen LogP contribution is -2.29. The molecule has 0 radical (unpaired) electrons. The molecule has 0 aliphatic heterocycles. The van der Waals surface area contributed by atoms with Gasteiger partial charge in [0.25, 0.3) is 0 Å². The third-order valence-corrected chi connectivity index (χ3v) is 4.24. The molecule has 0 bridgehead atoms. The van der Waals surface area contributed by atoms with Crippen molar-refractivity contribution in [3.63, 3.8) is 0 Å². The quantitative estimate of drug-likeness (QED) is 0.716. The van der Waals surface area contributed by atoms with Crippen molar-refractivity contribution in [2.45, 2.75) is 32.6 Å². The Hall–Kier alpha value is -2.62. The maximum atomic E-state index is 12.6. The van der Waals surface area contributed by atoms with E-state index in [1.54, 1.807) is 31.3 Å². The summed E-state index contributed by atoms with van der Waals surface area (Å²) < 4.78 is 4.79. The van der Waals surface area contributed by atoms with Crippen LogP contribution in [0.25, 0.3) is 0 Å². The third kappa shape index (κ3) is 4.92. The van der Waals surface area contributed by atoms with Gasteiger partial charge < -0.3 is 9.64 Å². The normalized spacial score (nSPS) is 10.4. The molecule has 2 aromatic rings. The van der Waals surface area contributed by atoms with Gasteiger partial charge in [-0.2, -0.15) is 0 Å². The largest absolute Gasteiger partial charge is 0.465 e. The molecule has 132 valence electrons. The lowest BCUT2D eigenvalue weighted by Gasteiger charge is -2.20. The van der Waals surface area contributed by atoms with Crippen LogP contribution in [0.4, 0.5) is 5.69 Å². The summed E-state index contributed by atoms with van der Waals surface area (Å²) in [4.78, 5) is 26.0. The van der Waals surface area contributed by atoms with E-state index < -0.39 is 5.97 Å². The Bertz CT molecular complexity index is 722. The summed E-state index contributed by atoms with van der Waals surface area (Å²) in [6.45, 7) is 2.18. The zero-order valence-corrected chi connectivity index (χ0v) is 15.1. The van der Waals surface area contributed by atoms with Crippen LogP contribution >= 0.6 is 0 Å². The molecule has 0 aliphatic carbocycles. The number of benzene rings is 2. The van der Waals surface area contributed by atoms with Crippen molar-refractivity contribution in [1.29, 1.82) is 0 Å². The van der Waals surface area contributed by atoms with Gasteiger partial charge in [-0.1, -0.05) is 49.7 Å². The molecule has 0 aromatic heterocycles. The molecule has 0 spiro atoms. The average molecular weight is 339 g/mol. The van der Waals surface area contributed by atoms with E-state index in [4.69, 9.17) is 4.74 Å². The van der Waals surface area contributed by atoms with Crippen molar-refractivity contribution in [2.75, 3.05) is 19.1 Å². The maximum absolute atomic E-state index is 12.6. The van der Waals surface area contributed by atoms with E-state index in [0.717, 1.165) is 12.0 Å². The Balaban J connectivity index is 2.09. The Labute approximate surface area is 149 Å². The zero-order chi connectivity index (χ0) is 18.2. The number of methoxy groups -OCH3 is 1. The zero-order valence-electron chi connectivity index (χ0n) is 15.1. The molecule has 0 unspecified atom stereocenters. The summed E-state index contributed by atoms with van der Waals surface area (Å²) in [6.07, 6.45) is 3.70. The van der Waals surface area contributed by atoms with E-state index in [0.29, 0.717) is 17.7 Å². The lowest BCUT2D eigenvalue weighted by molar-refractivity contribution is -0.117. The summed E-state index contributed by atoms with van der Waals surface area (Å²) in [7, 11) is 3.01. The number of esters is 1. The molecule has 0 aliphatic rings. The van der Waals surface area contributed by atoms with Gasteiger partial charge >= 0.3 is 5.97 Å². The van der Waals surface area contributed by atoms with Crippen molar-refractivity contribution in [2.24, 2.45) is 0 Å². The molecule has 25 heavy (non-hydrogen) atoms. The second kappa shape index (κ2) is 9.02. The molecule has 0 saturated heterocycles. The molecule has 0 atom stereocenters. The number of anilines is 1. The predicted molar refractivity (Wildman–Crippen MR) is 99.9 cm³/mol. The van der Waals surface area contributed by atoms with Crippen molar-refractivity contribution in [3.8, 4) is 0 Å². The summed E-state index contributed by atoms with van der Waals surface area (Å²) in [5.41, 5.74) is 3.20. The van der Waals surface area contributed by atoms with Crippen LogP contribution in [0.3, 0.4) is 0 Å². The van der Waals surface area contributed by atoms with Crippen LogP contribution in [0.5, 0.6) is 0 Å². The minimum absolute atomic E-state index is 0.0716. The first-order valence-corrected chi connectivity index (χ1v) is 8.58. The van der Waals surface area contributed by atoms with E-state index >= 15 is 0 Å². The molecule has 0 fully saturated rings. The van der Waals surface area contributed by atoms with Gasteiger partial charge in [-0.3, -0.25) is 4.79 Å². The first-order chi connectivity index (χ1) is 12.1. The van der Waals surface area contributed by atoms with Gasteiger partial charge in [-0.05, 0) is 36.1 Å². The number of hydrogen-bond donors (Lipinski definition) is 0. The molecule has 4 heteroatoms. The van der Waals surface area contributed by atoms with Crippen LogP contribution in [-0.4, -0.2) is 26.0 Å². The Morgan fingerprint density at radius 1 is 1.00 bits per heavy atom. The number of ether oxygens (including phenoxy) is 1. The Morgan fingerprint density at radius 2 is 1.64 bits per heavy atom. The molecule has 0 N–H and O–H groups in total. The molecule has 2 rings (SSSR count). The van der Waals surface area contributed by atoms with Crippen LogP contribution in [0.1, 0.15) is 41.3 Å². The van der Waals surface area contributed by atoms with Crippen molar-refractivity contribution >= 4 is 17.6 Å². The fourth-order valence-electron chi connectivity index (χ4n) is 2.68. The highest BCUT2D eigenvalue weighted by Gasteiger charge is 2.18. The molecule has 1 amide bonds. The predicted octanol–water partition coefficient (Wildman–Crippen LogP) is 4.02. The van der Waals surface area contributed by atoms with Gasteiger partial charge in [-0.15, -0.1) is 0 Å². The Morgan fingerprint density at radius 3 is 2.28 bits per heavy atom. The highest BCUT2D eigenvalue weighted by atomic mass is 16.5. The van der Waals surface area contributed by atoms with E-state index in [1.807, 2.05) is 12.1 Å². The molecule has 2 aromatic carbocycles. The topological polar surface area (TPSA) is 46.6 Å². The van der Waals surface area contributed by atoms with Gasteiger partial charge in [0.05, 0.1) is 24.8 Å². The number of aryl methyl sites for hydroxylation is 1. The number of carbonyl (C=O) groups is 2. The van der Waals surface area contributed by atoms with Gasteiger partial charge in [0.1, 0.15) is 0 Å². The summed E-state index contributed by atoms with van der Waals surface area (Å²) in [5.74, 6) is -0.520. The number of nitrogens with zero attached hydrogens (tertiary/aromatic N) is 1. The number of amides is 1. The molecular weight excluding hydrogens is 314 g/mol. The van der Waals surface area contributed by atoms with Crippen LogP contribution in [0.2, 0.25) is 0 Å². The minimum Gasteiger partial charge on any atom is -0.465 e. The number of carbonyl (C=O) groups excluding carboxylic acids is 2. The number of hydrogen-bond acceptors (Lipinski definition) is 3. The highest BCUT2D eigenvalue weighted by molar-refractivity contribution is 6.02. The molecule has 0 saturated carbocycles. The number of rotatable bonds is 7. The standard InChI is InChI=1S/C21H25NO3/c1-4-5-8-16-11-13-17(14-12-16)15-20(23)22(2)19-10-7-6-9-18(19)21(24)25-3/h6-7,9-14H,4-5,8,15H2,1-3H3. The minimum atomic E-state index is -0.449. The number of unbranched alkanes of at least 4 members (excludes halogenated alkanes) is 1. The monoisotopic (exact) mass is 339 g/mol. The van der Waals surface area contributed by atoms with Crippen molar-refractivity contribution in [3.05, 3.63) is 65.2 Å². The molecular formula is C21H25NO3. The third-order valence-electron chi connectivity index (χ3n) is 4.24. The van der Waals surface area contributed by atoms with Crippen LogP contribution in [0.15, 0.2) is 48.5 Å². The fourth-order valence-corrected chi connectivity index (χ4v) is 2.68. The maximum Gasteiger partial charge on any atom is 0.339 e.